The van der Waals surface area contributed by atoms with Crippen molar-refractivity contribution in [3.05, 3.63) is 57.6 Å². The molecule has 2 fully saturated rings. The second kappa shape index (κ2) is 8.04. The number of nitrogens with zero attached hydrogens (tertiary/aromatic N) is 3. The Bertz CT molecular complexity index is 1320. The molecule has 2 bridgehead atoms. The Labute approximate surface area is 188 Å². The first-order chi connectivity index (χ1) is 15.9. The Balaban J connectivity index is 1.68. The summed E-state index contributed by atoms with van der Waals surface area (Å²) >= 11 is 0. The molecule has 2 atom stereocenters. The molecule has 2 N–H and O–H groups in total. The van der Waals surface area contributed by atoms with Crippen LogP contribution >= 0.6 is 0 Å². The molecule has 2 unspecified atom stereocenters. The highest BCUT2D eigenvalue weighted by Crippen LogP contribution is 2.32. The van der Waals surface area contributed by atoms with Gasteiger partial charge in [0.2, 0.25) is 5.43 Å². The highest BCUT2D eigenvalue weighted by Gasteiger charge is 2.39. The van der Waals surface area contributed by atoms with E-state index in [0.29, 0.717) is 18.0 Å². The van der Waals surface area contributed by atoms with Crippen molar-refractivity contribution >= 4 is 22.8 Å². The maximum absolute atomic E-state index is 15.1. The van der Waals surface area contributed by atoms with Crippen molar-refractivity contribution in [2.75, 3.05) is 32.2 Å². The van der Waals surface area contributed by atoms with Gasteiger partial charge in [0.25, 0.3) is 0 Å². The summed E-state index contributed by atoms with van der Waals surface area (Å²) in [4.78, 5) is 31.0. The molecular weight excluding hydrogens is 431 g/mol. The fraction of sp³-hybridized carbons (Fsp3) is 0.348. The highest BCUT2D eigenvalue weighted by atomic mass is 19.1. The summed E-state index contributed by atoms with van der Waals surface area (Å²) in [6.07, 6.45) is 2.16. The predicted octanol–water partition coefficient (Wildman–Crippen LogP) is 1.85. The van der Waals surface area contributed by atoms with Crippen LogP contribution in [0.2, 0.25) is 0 Å². The monoisotopic (exact) mass is 454 g/mol. The second-order valence-electron chi connectivity index (χ2n) is 8.29. The number of hydrogen-bond donors (Lipinski definition) is 2. The molecule has 0 aliphatic carbocycles. The van der Waals surface area contributed by atoms with Crippen LogP contribution in [0.3, 0.4) is 0 Å². The fourth-order valence-corrected chi connectivity index (χ4v) is 4.74. The number of carboxylic acid groups (broad SMARTS) is 1. The minimum absolute atomic E-state index is 0.0777. The molecule has 172 valence electrons. The van der Waals surface area contributed by atoms with Gasteiger partial charge < -0.3 is 29.4 Å². The fourth-order valence-electron chi connectivity index (χ4n) is 4.74. The SMILES string of the molecule is COc1ccc(Cn2cc(C(=O)O)c(=O)c3cc(F)c(N4CC5CC4CN5)nc32)c(OC)c1. The van der Waals surface area contributed by atoms with Crippen LogP contribution in [0, 0.1) is 5.82 Å². The standard InChI is InChI=1S/C23H23FN4O5/c1-32-15-4-3-12(19(6-15)33-2)9-27-11-17(23(30)31)20(29)16-7-18(24)22(26-21(16)27)28-10-13-5-14(28)8-25-13/h3-4,6-7,11,13-14,25H,5,8-10H2,1-2H3,(H,30,31). The molecule has 0 amide bonds. The maximum Gasteiger partial charge on any atom is 0.341 e. The molecule has 2 aliphatic rings. The zero-order valence-corrected chi connectivity index (χ0v) is 18.2. The van der Waals surface area contributed by atoms with Gasteiger partial charge in [-0.1, -0.05) is 0 Å². The van der Waals surface area contributed by atoms with Crippen LogP contribution < -0.4 is 25.1 Å². The van der Waals surface area contributed by atoms with Crippen molar-refractivity contribution < 1.29 is 23.8 Å². The Kier molecular flexibility index (Phi) is 5.16. The van der Waals surface area contributed by atoms with Crippen molar-refractivity contribution in [2.24, 2.45) is 0 Å². The number of nitrogens with one attached hydrogen (secondary N) is 1. The van der Waals surface area contributed by atoms with Gasteiger partial charge in [-0.15, -0.1) is 0 Å². The number of fused-ring (bicyclic) bond motifs is 3. The van der Waals surface area contributed by atoms with E-state index in [1.54, 1.807) is 29.9 Å². The Morgan fingerprint density at radius 3 is 2.76 bits per heavy atom. The van der Waals surface area contributed by atoms with E-state index < -0.39 is 22.8 Å². The van der Waals surface area contributed by atoms with Gasteiger partial charge in [0, 0.05) is 43.0 Å². The lowest BCUT2D eigenvalue weighted by molar-refractivity contribution is 0.0695. The molecule has 33 heavy (non-hydrogen) atoms. The van der Waals surface area contributed by atoms with E-state index in [0.717, 1.165) is 24.6 Å². The first-order valence-corrected chi connectivity index (χ1v) is 10.6. The molecule has 2 aromatic heterocycles. The molecule has 9 nitrogen and oxygen atoms in total. The summed E-state index contributed by atoms with van der Waals surface area (Å²) < 4.78 is 27.4. The number of hydrogen-bond acceptors (Lipinski definition) is 7. The number of aromatic nitrogens is 2. The van der Waals surface area contributed by atoms with Crippen molar-refractivity contribution in [3.8, 4) is 11.5 Å². The molecule has 0 spiro atoms. The van der Waals surface area contributed by atoms with Crippen LogP contribution in [-0.2, 0) is 6.54 Å². The molecule has 2 saturated heterocycles. The molecule has 3 aromatic rings. The Morgan fingerprint density at radius 1 is 1.30 bits per heavy atom. The van der Waals surface area contributed by atoms with Crippen molar-refractivity contribution in [1.29, 1.82) is 0 Å². The van der Waals surface area contributed by atoms with E-state index in [4.69, 9.17) is 9.47 Å². The Hall–Kier alpha value is -3.66. The van der Waals surface area contributed by atoms with Gasteiger partial charge in [-0.05, 0) is 24.6 Å². The largest absolute Gasteiger partial charge is 0.497 e. The van der Waals surface area contributed by atoms with Gasteiger partial charge in [-0.2, -0.15) is 0 Å². The number of methoxy groups -OCH3 is 2. The first kappa shape index (κ1) is 21.2. The maximum atomic E-state index is 15.1. The van der Waals surface area contributed by atoms with Gasteiger partial charge in [0.15, 0.2) is 11.6 Å². The molecule has 0 saturated carbocycles. The molecule has 1 aromatic carbocycles. The number of halogens is 1. The number of ether oxygens (including phenoxy) is 2. The molecule has 4 heterocycles. The number of anilines is 1. The van der Waals surface area contributed by atoms with E-state index in [1.807, 2.05) is 4.90 Å². The third kappa shape index (κ3) is 3.56. The molecule has 5 rings (SSSR count). The Morgan fingerprint density at radius 2 is 2.12 bits per heavy atom. The molecule has 0 radical (unpaired) electrons. The summed E-state index contributed by atoms with van der Waals surface area (Å²) in [5, 5.41) is 12.9. The lowest BCUT2D eigenvalue weighted by Gasteiger charge is -2.29. The lowest BCUT2D eigenvalue weighted by Crippen LogP contribution is -2.44. The summed E-state index contributed by atoms with van der Waals surface area (Å²) in [6, 6.07) is 6.78. The molecule has 10 heteroatoms. The average molecular weight is 454 g/mol. The zero-order chi connectivity index (χ0) is 23.3. The smallest absolute Gasteiger partial charge is 0.341 e. The number of carbonyl (C=O) groups is 1. The first-order valence-electron chi connectivity index (χ1n) is 10.6. The quantitative estimate of drug-likeness (QED) is 0.582. The topological polar surface area (TPSA) is 106 Å². The van der Waals surface area contributed by atoms with Crippen molar-refractivity contribution in [3.63, 3.8) is 0 Å². The van der Waals surface area contributed by atoms with Crippen LogP contribution in [0.1, 0.15) is 22.3 Å². The van der Waals surface area contributed by atoms with E-state index in [9.17, 15) is 14.7 Å². The molecular formula is C23H23FN4O5. The highest BCUT2D eigenvalue weighted by molar-refractivity contribution is 5.92. The number of aromatic carboxylic acids is 1. The number of carboxylic acids is 1. The van der Waals surface area contributed by atoms with Crippen molar-refractivity contribution in [1.82, 2.24) is 14.9 Å². The number of benzene rings is 1. The third-order valence-electron chi connectivity index (χ3n) is 6.38. The summed E-state index contributed by atoms with van der Waals surface area (Å²) in [6.45, 7) is 1.54. The van der Waals surface area contributed by atoms with E-state index >= 15 is 4.39 Å². The number of pyridine rings is 2. The van der Waals surface area contributed by atoms with Gasteiger partial charge in [0.1, 0.15) is 22.7 Å². The normalized spacial score (nSPS) is 19.3. The predicted molar refractivity (Wildman–Crippen MR) is 119 cm³/mol. The van der Waals surface area contributed by atoms with Crippen LogP contribution in [-0.4, -0.2) is 60.0 Å². The van der Waals surface area contributed by atoms with Crippen LogP contribution in [0.15, 0.2) is 35.3 Å². The summed E-state index contributed by atoms with van der Waals surface area (Å²) in [7, 11) is 3.07. The van der Waals surface area contributed by atoms with E-state index in [-0.39, 0.29) is 35.5 Å². The minimum Gasteiger partial charge on any atom is -0.497 e. The van der Waals surface area contributed by atoms with E-state index in [2.05, 4.69) is 10.3 Å². The number of rotatable bonds is 6. The van der Waals surface area contributed by atoms with Gasteiger partial charge in [-0.25, -0.2) is 14.2 Å². The van der Waals surface area contributed by atoms with Crippen LogP contribution in [0.25, 0.3) is 11.0 Å². The summed E-state index contributed by atoms with van der Waals surface area (Å²) in [5.41, 5.74) is -0.280. The second-order valence-corrected chi connectivity index (χ2v) is 8.29. The third-order valence-corrected chi connectivity index (χ3v) is 6.38. The van der Waals surface area contributed by atoms with Gasteiger partial charge in [-0.3, -0.25) is 4.79 Å². The molecule has 2 aliphatic heterocycles. The van der Waals surface area contributed by atoms with E-state index in [1.165, 1.54) is 13.3 Å². The van der Waals surface area contributed by atoms with Crippen LogP contribution in [0.4, 0.5) is 10.2 Å². The van der Waals surface area contributed by atoms with Gasteiger partial charge >= 0.3 is 5.97 Å². The van der Waals surface area contributed by atoms with Crippen LogP contribution in [0.5, 0.6) is 11.5 Å². The van der Waals surface area contributed by atoms with Gasteiger partial charge in [0.05, 0.1) is 26.2 Å². The van der Waals surface area contributed by atoms with Crippen molar-refractivity contribution in [2.45, 2.75) is 25.0 Å². The average Bonchev–Trinajstić information content (AvgIpc) is 3.44. The lowest BCUT2D eigenvalue weighted by atomic mass is 10.1. The minimum atomic E-state index is -1.38. The summed E-state index contributed by atoms with van der Waals surface area (Å²) in [5.74, 6) is -0.711. The zero-order valence-electron chi connectivity index (χ0n) is 18.2. The number of piperazine rings is 1.